The molecule has 0 aliphatic rings. The molecule has 0 unspecified atom stereocenters. The molecule has 0 aliphatic heterocycles. The minimum Gasteiger partial charge on any atom is -0.465 e. The van der Waals surface area contributed by atoms with E-state index >= 15 is 0 Å². The van der Waals surface area contributed by atoms with Gasteiger partial charge in [0.25, 0.3) is 0 Å². The SMILES string of the molecule is Cc1cc(F)cc(Oc2ccc(N)c(N(C)C(=O)O)c2)c1. The lowest BCUT2D eigenvalue weighted by Gasteiger charge is -2.17. The minimum absolute atomic E-state index is 0.299. The van der Waals surface area contributed by atoms with Crippen molar-refractivity contribution in [3.05, 3.63) is 47.8 Å². The van der Waals surface area contributed by atoms with Gasteiger partial charge in [-0.15, -0.1) is 0 Å². The van der Waals surface area contributed by atoms with E-state index in [0.29, 0.717) is 22.9 Å². The van der Waals surface area contributed by atoms with Crippen LogP contribution in [-0.2, 0) is 0 Å². The first-order valence-electron chi connectivity index (χ1n) is 6.18. The molecule has 0 saturated carbocycles. The fourth-order valence-electron chi connectivity index (χ4n) is 1.88. The van der Waals surface area contributed by atoms with E-state index < -0.39 is 11.9 Å². The van der Waals surface area contributed by atoms with Crippen LogP contribution < -0.4 is 15.4 Å². The standard InChI is InChI=1S/C15H15FN2O3/c1-9-5-10(16)7-12(6-9)21-11-3-4-13(17)14(8-11)18(2)15(19)20/h3-8H,17H2,1-2H3,(H,19,20). The summed E-state index contributed by atoms with van der Waals surface area (Å²) in [7, 11) is 1.38. The third-order valence-electron chi connectivity index (χ3n) is 2.90. The molecular formula is C15H15FN2O3. The molecule has 2 rings (SSSR count). The lowest BCUT2D eigenvalue weighted by molar-refractivity contribution is 0.203. The van der Waals surface area contributed by atoms with Crippen molar-refractivity contribution in [3.63, 3.8) is 0 Å². The average molecular weight is 290 g/mol. The predicted molar refractivity (Wildman–Crippen MR) is 78.5 cm³/mol. The maximum absolute atomic E-state index is 13.3. The van der Waals surface area contributed by atoms with Crippen molar-refractivity contribution >= 4 is 17.5 Å². The van der Waals surface area contributed by atoms with Gasteiger partial charge in [-0.05, 0) is 36.8 Å². The Balaban J connectivity index is 2.33. The largest absolute Gasteiger partial charge is 0.465 e. The predicted octanol–water partition coefficient (Wildman–Crippen LogP) is 3.62. The smallest absolute Gasteiger partial charge is 0.411 e. The molecule has 1 amide bonds. The molecule has 0 radical (unpaired) electrons. The summed E-state index contributed by atoms with van der Waals surface area (Å²) in [5.41, 5.74) is 7.08. The molecule has 2 aromatic rings. The molecule has 5 nitrogen and oxygen atoms in total. The van der Waals surface area contributed by atoms with Gasteiger partial charge in [-0.3, -0.25) is 4.90 Å². The lowest BCUT2D eigenvalue weighted by atomic mass is 10.2. The van der Waals surface area contributed by atoms with Crippen LogP contribution in [0, 0.1) is 12.7 Å². The Morgan fingerprint density at radius 1 is 1.24 bits per heavy atom. The summed E-state index contributed by atoms with van der Waals surface area (Å²) in [6.07, 6.45) is -1.14. The van der Waals surface area contributed by atoms with E-state index in [4.69, 9.17) is 15.6 Å². The van der Waals surface area contributed by atoms with Crippen molar-refractivity contribution in [3.8, 4) is 11.5 Å². The Kier molecular flexibility index (Phi) is 3.98. The molecule has 0 heterocycles. The van der Waals surface area contributed by atoms with Gasteiger partial charge in [0.2, 0.25) is 0 Å². The van der Waals surface area contributed by atoms with Crippen molar-refractivity contribution in [1.82, 2.24) is 0 Å². The third-order valence-corrected chi connectivity index (χ3v) is 2.90. The maximum Gasteiger partial charge on any atom is 0.411 e. The normalized spacial score (nSPS) is 10.2. The number of aryl methyl sites for hydroxylation is 1. The molecule has 0 bridgehead atoms. The van der Waals surface area contributed by atoms with E-state index in [1.807, 2.05) is 0 Å². The van der Waals surface area contributed by atoms with E-state index in [9.17, 15) is 9.18 Å². The number of nitrogens with two attached hydrogens (primary N) is 1. The Bertz CT molecular complexity index is 668. The van der Waals surface area contributed by atoms with Crippen LogP contribution in [0.15, 0.2) is 36.4 Å². The van der Waals surface area contributed by atoms with Crippen LogP contribution in [0.3, 0.4) is 0 Å². The lowest BCUT2D eigenvalue weighted by Crippen LogP contribution is -2.24. The second kappa shape index (κ2) is 5.70. The van der Waals surface area contributed by atoms with E-state index in [-0.39, 0.29) is 0 Å². The molecule has 0 aliphatic carbocycles. The molecule has 2 aromatic carbocycles. The van der Waals surface area contributed by atoms with Crippen molar-refractivity contribution in [2.75, 3.05) is 17.7 Å². The molecule has 110 valence electrons. The highest BCUT2D eigenvalue weighted by Crippen LogP contribution is 2.31. The summed E-state index contributed by atoms with van der Waals surface area (Å²) in [5, 5.41) is 8.99. The maximum atomic E-state index is 13.3. The second-order valence-corrected chi connectivity index (χ2v) is 4.63. The quantitative estimate of drug-likeness (QED) is 0.846. The first-order chi connectivity index (χ1) is 9.86. The fraction of sp³-hybridized carbons (Fsp3) is 0.133. The van der Waals surface area contributed by atoms with Crippen molar-refractivity contribution in [2.45, 2.75) is 6.92 Å². The van der Waals surface area contributed by atoms with Crippen LogP contribution in [0.5, 0.6) is 11.5 Å². The Morgan fingerprint density at radius 2 is 1.95 bits per heavy atom. The number of nitrogens with zero attached hydrogens (tertiary/aromatic N) is 1. The molecule has 0 spiro atoms. The van der Waals surface area contributed by atoms with Gasteiger partial charge < -0.3 is 15.6 Å². The number of amides is 1. The van der Waals surface area contributed by atoms with Crippen molar-refractivity contribution in [1.29, 1.82) is 0 Å². The summed E-state index contributed by atoms with van der Waals surface area (Å²) < 4.78 is 18.9. The summed E-state index contributed by atoms with van der Waals surface area (Å²) >= 11 is 0. The number of ether oxygens (including phenoxy) is 1. The number of carboxylic acid groups (broad SMARTS) is 1. The van der Waals surface area contributed by atoms with Gasteiger partial charge in [0.15, 0.2) is 0 Å². The Morgan fingerprint density at radius 3 is 2.57 bits per heavy atom. The average Bonchev–Trinajstić information content (AvgIpc) is 2.39. The molecule has 3 N–H and O–H groups in total. The third kappa shape index (κ3) is 3.42. The molecule has 0 fully saturated rings. The summed E-state index contributed by atoms with van der Waals surface area (Å²) in [4.78, 5) is 12.0. The fourth-order valence-corrected chi connectivity index (χ4v) is 1.88. The van der Waals surface area contributed by atoms with Gasteiger partial charge in [0.1, 0.15) is 17.3 Å². The van der Waals surface area contributed by atoms with Gasteiger partial charge in [-0.1, -0.05) is 0 Å². The summed E-state index contributed by atoms with van der Waals surface area (Å²) in [5.74, 6) is 0.307. The Labute approximate surface area is 121 Å². The van der Waals surface area contributed by atoms with E-state index in [1.165, 1.54) is 31.3 Å². The summed E-state index contributed by atoms with van der Waals surface area (Å²) in [6.45, 7) is 1.75. The number of nitrogen functional groups attached to an aromatic ring is 1. The number of halogens is 1. The molecule has 6 heteroatoms. The van der Waals surface area contributed by atoms with Gasteiger partial charge in [0.05, 0.1) is 11.4 Å². The first-order valence-corrected chi connectivity index (χ1v) is 6.18. The second-order valence-electron chi connectivity index (χ2n) is 4.63. The number of hydrogen-bond acceptors (Lipinski definition) is 3. The zero-order valence-corrected chi connectivity index (χ0v) is 11.6. The van der Waals surface area contributed by atoms with Crippen LogP contribution in [0.25, 0.3) is 0 Å². The highest BCUT2D eigenvalue weighted by atomic mass is 19.1. The highest BCUT2D eigenvalue weighted by molar-refractivity contribution is 5.90. The number of carbonyl (C=O) groups is 1. The van der Waals surface area contributed by atoms with Gasteiger partial charge in [-0.25, -0.2) is 9.18 Å². The zero-order chi connectivity index (χ0) is 15.6. The van der Waals surface area contributed by atoms with E-state index in [2.05, 4.69) is 0 Å². The van der Waals surface area contributed by atoms with Crippen molar-refractivity contribution < 1.29 is 19.0 Å². The monoisotopic (exact) mass is 290 g/mol. The van der Waals surface area contributed by atoms with Crippen LogP contribution in [-0.4, -0.2) is 18.2 Å². The molecule has 21 heavy (non-hydrogen) atoms. The number of benzene rings is 2. The topological polar surface area (TPSA) is 75.8 Å². The molecule has 0 atom stereocenters. The van der Waals surface area contributed by atoms with E-state index in [0.717, 1.165) is 10.5 Å². The number of anilines is 2. The first kappa shape index (κ1) is 14.6. The van der Waals surface area contributed by atoms with E-state index in [1.54, 1.807) is 19.1 Å². The molecule has 0 aromatic heterocycles. The van der Waals surface area contributed by atoms with Crippen LogP contribution >= 0.6 is 0 Å². The number of hydrogen-bond donors (Lipinski definition) is 2. The van der Waals surface area contributed by atoms with Crippen LogP contribution in [0.2, 0.25) is 0 Å². The van der Waals surface area contributed by atoms with Gasteiger partial charge in [-0.2, -0.15) is 0 Å². The minimum atomic E-state index is -1.14. The van der Waals surface area contributed by atoms with Crippen LogP contribution in [0.1, 0.15) is 5.56 Å². The van der Waals surface area contributed by atoms with Gasteiger partial charge in [0, 0.05) is 19.2 Å². The van der Waals surface area contributed by atoms with Crippen molar-refractivity contribution in [2.24, 2.45) is 0 Å². The number of rotatable bonds is 3. The zero-order valence-electron chi connectivity index (χ0n) is 11.6. The molecular weight excluding hydrogens is 275 g/mol. The Hall–Kier alpha value is -2.76. The van der Waals surface area contributed by atoms with Gasteiger partial charge >= 0.3 is 6.09 Å². The molecule has 0 saturated heterocycles. The summed E-state index contributed by atoms with van der Waals surface area (Å²) in [6, 6.07) is 8.94. The van der Waals surface area contributed by atoms with Crippen LogP contribution in [0.4, 0.5) is 20.6 Å². The highest BCUT2D eigenvalue weighted by Gasteiger charge is 2.13.